The highest BCUT2D eigenvalue weighted by atomic mass is 16.6. The van der Waals surface area contributed by atoms with Crippen LogP contribution in [0.3, 0.4) is 0 Å². The Morgan fingerprint density at radius 2 is 1.63 bits per heavy atom. The van der Waals surface area contributed by atoms with E-state index in [1.54, 1.807) is 42.6 Å². The predicted octanol–water partition coefficient (Wildman–Crippen LogP) is 4.10. The summed E-state index contributed by atoms with van der Waals surface area (Å²) < 4.78 is 12.4. The van der Waals surface area contributed by atoms with Crippen molar-refractivity contribution in [2.24, 2.45) is 11.7 Å². The molecule has 0 bridgehead atoms. The maximum atomic E-state index is 15.4. The summed E-state index contributed by atoms with van der Waals surface area (Å²) in [5, 5.41) is 18.3. The summed E-state index contributed by atoms with van der Waals surface area (Å²) in [5.41, 5.74) is 7.86. The van der Waals surface area contributed by atoms with E-state index >= 15 is 9.59 Å². The second kappa shape index (κ2) is 16.8. The number of hydrogen-bond acceptors (Lipinski definition) is 9. The van der Waals surface area contributed by atoms with Gasteiger partial charge in [0, 0.05) is 36.1 Å². The number of nitrogens with two attached hydrogens (primary N) is 1. The molecule has 13 heteroatoms. The number of aliphatic hydroxyl groups is 1. The van der Waals surface area contributed by atoms with E-state index in [1.807, 2.05) is 89.8 Å². The lowest BCUT2D eigenvalue weighted by molar-refractivity contribution is -0.178. The molecule has 8 rings (SSSR count). The number of nitrogens with one attached hydrogen (secondary N) is 3. The molecule has 3 aliphatic heterocycles. The molecule has 2 fully saturated rings. The number of rotatable bonds is 11. The molecule has 13 nitrogen and oxygen atoms in total. The van der Waals surface area contributed by atoms with Crippen molar-refractivity contribution in [2.75, 3.05) is 31.6 Å². The van der Waals surface area contributed by atoms with Gasteiger partial charge in [-0.3, -0.25) is 24.3 Å². The zero-order chi connectivity index (χ0) is 40.9. The normalized spacial score (nSPS) is 22.9. The highest BCUT2D eigenvalue weighted by Gasteiger charge is 2.74. The fourth-order valence-corrected chi connectivity index (χ4v) is 8.86. The average Bonchev–Trinajstić information content (AvgIpc) is 3.74. The Balaban J connectivity index is 1.37. The number of pyridine rings is 1. The number of urea groups is 1. The van der Waals surface area contributed by atoms with Gasteiger partial charge in [-0.25, -0.2) is 4.79 Å². The number of fused-ring (bicyclic) bond motifs is 3. The van der Waals surface area contributed by atoms with Crippen LogP contribution in [0.5, 0.6) is 5.75 Å². The largest absolute Gasteiger partial charge is 0.491 e. The molecule has 59 heavy (non-hydrogen) atoms. The first-order valence-electron chi connectivity index (χ1n) is 19.4. The van der Waals surface area contributed by atoms with Gasteiger partial charge in [0.1, 0.15) is 29.9 Å². The van der Waals surface area contributed by atoms with Crippen LogP contribution in [0.15, 0.2) is 128 Å². The SMILES string of the molecule is NC(=O)NCC#Cc1ccc2c(c1)C1(C(=O)N2)C(C(=O)NCCc2ccccn2)C2C(=O)OC(c3ccccc3)C(c3ccccc3)N2C1c1cccc(OCCO)c1. The van der Waals surface area contributed by atoms with Crippen LogP contribution in [0.25, 0.3) is 0 Å². The van der Waals surface area contributed by atoms with Crippen LogP contribution in [0.1, 0.15) is 51.7 Å². The van der Waals surface area contributed by atoms with E-state index in [0.717, 1.165) is 16.8 Å². The molecule has 6 atom stereocenters. The summed E-state index contributed by atoms with van der Waals surface area (Å²) >= 11 is 0. The number of cyclic esters (lactones) is 1. The lowest BCUT2D eigenvalue weighted by atomic mass is 9.65. The van der Waals surface area contributed by atoms with Crippen molar-refractivity contribution >= 4 is 29.5 Å². The van der Waals surface area contributed by atoms with Gasteiger partial charge in [0.05, 0.1) is 31.2 Å². The molecule has 1 spiro atoms. The van der Waals surface area contributed by atoms with Crippen molar-refractivity contribution in [1.29, 1.82) is 0 Å². The van der Waals surface area contributed by atoms with Crippen LogP contribution in [0.4, 0.5) is 10.5 Å². The van der Waals surface area contributed by atoms with Crippen molar-refractivity contribution in [3.05, 3.63) is 161 Å². The van der Waals surface area contributed by atoms with Gasteiger partial charge in [-0.2, -0.15) is 0 Å². The van der Waals surface area contributed by atoms with Crippen LogP contribution < -0.4 is 26.4 Å². The fraction of sp³-hybridized carbons (Fsp3) is 0.239. The third kappa shape index (κ3) is 7.36. The number of aromatic nitrogens is 1. The molecule has 4 amide bonds. The number of esters is 1. The number of primary amides is 1. The number of carbonyl (C=O) groups excluding carboxylic acids is 4. The second-order valence-corrected chi connectivity index (χ2v) is 14.5. The maximum absolute atomic E-state index is 15.4. The highest BCUT2D eigenvalue weighted by molar-refractivity contribution is 6.12. The van der Waals surface area contributed by atoms with Crippen molar-refractivity contribution in [2.45, 2.75) is 36.1 Å². The van der Waals surface area contributed by atoms with Gasteiger partial charge in [-0.05, 0) is 64.7 Å². The Morgan fingerprint density at radius 1 is 0.881 bits per heavy atom. The summed E-state index contributed by atoms with van der Waals surface area (Å²) in [5.74, 6) is 3.41. The summed E-state index contributed by atoms with van der Waals surface area (Å²) in [6.07, 6.45) is 1.25. The van der Waals surface area contributed by atoms with E-state index in [9.17, 15) is 14.7 Å². The first kappa shape index (κ1) is 38.8. The minimum absolute atomic E-state index is 0.0133. The minimum Gasteiger partial charge on any atom is -0.491 e. The van der Waals surface area contributed by atoms with E-state index < -0.39 is 59.4 Å². The minimum atomic E-state index is -1.74. The lowest BCUT2D eigenvalue weighted by Gasteiger charge is -2.46. The molecule has 0 radical (unpaired) electrons. The monoisotopic (exact) mass is 790 g/mol. The van der Waals surface area contributed by atoms with Crippen LogP contribution in [0, 0.1) is 17.8 Å². The summed E-state index contributed by atoms with van der Waals surface area (Å²) in [4.78, 5) is 63.3. The molecule has 2 saturated heterocycles. The molecule has 0 saturated carbocycles. The van der Waals surface area contributed by atoms with E-state index in [1.165, 1.54) is 0 Å². The molecule has 3 aliphatic rings. The molecular formula is C46H42N6O7. The third-order valence-corrected chi connectivity index (χ3v) is 11.1. The van der Waals surface area contributed by atoms with Gasteiger partial charge in [-0.15, -0.1) is 0 Å². The first-order chi connectivity index (χ1) is 28.8. The number of amides is 4. The summed E-state index contributed by atoms with van der Waals surface area (Å²) in [6, 6.07) is 33.4. The average molecular weight is 791 g/mol. The van der Waals surface area contributed by atoms with Crippen molar-refractivity contribution in [3.8, 4) is 17.6 Å². The number of aliphatic hydroxyl groups excluding tert-OH is 1. The summed E-state index contributed by atoms with van der Waals surface area (Å²) in [7, 11) is 0. The van der Waals surface area contributed by atoms with E-state index in [2.05, 4.69) is 32.8 Å². The van der Waals surface area contributed by atoms with Crippen molar-refractivity contribution in [1.82, 2.24) is 20.5 Å². The Morgan fingerprint density at radius 3 is 2.36 bits per heavy atom. The number of morpholine rings is 1. The second-order valence-electron chi connectivity index (χ2n) is 14.5. The molecule has 0 aliphatic carbocycles. The first-order valence-corrected chi connectivity index (χ1v) is 19.4. The number of carbonyl (C=O) groups is 4. The smallest absolute Gasteiger partial charge is 0.324 e. The van der Waals surface area contributed by atoms with E-state index in [-0.39, 0.29) is 26.3 Å². The molecule has 5 aromatic rings. The van der Waals surface area contributed by atoms with Crippen LogP contribution in [-0.4, -0.2) is 71.2 Å². The molecule has 4 heterocycles. The molecule has 4 aromatic carbocycles. The zero-order valence-corrected chi connectivity index (χ0v) is 31.9. The van der Waals surface area contributed by atoms with Gasteiger partial charge in [0.25, 0.3) is 0 Å². The van der Waals surface area contributed by atoms with Crippen molar-refractivity contribution < 1.29 is 33.8 Å². The molecule has 6 unspecified atom stereocenters. The standard InChI is InChI=1S/C46H42N6O7/c47-45(57)50-23-10-11-29-19-20-36-35(27-29)46(44(56)51-36)37(42(54)49-24-21-33-17-7-8-22-48-33)39-43(55)59-40(31-14-5-2-6-15-31)38(30-12-3-1-4-13-30)52(39)41(46)32-16-9-18-34(28-32)58-26-25-53/h1-9,12-20,22,27-28,37-41,53H,21,23-26H2,(H,49,54)(H,51,56)(H3,47,50,57). The van der Waals surface area contributed by atoms with Crippen LogP contribution in [-0.2, 0) is 31.0 Å². The van der Waals surface area contributed by atoms with Gasteiger partial charge < -0.3 is 36.3 Å². The number of ether oxygens (including phenoxy) is 2. The molecule has 6 N–H and O–H groups in total. The number of anilines is 1. The topological polar surface area (TPSA) is 185 Å². The third-order valence-electron chi connectivity index (χ3n) is 11.1. The van der Waals surface area contributed by atoms with Gasteiger partial charge in [0.2, 0.25) is 11.8 Å². The van der Waals surface area contributed by atoms with Crippen molar-refractivity contribution in [3.63, 3.8) is 0 Å². The Hall–Kier alpha value is -7.01. The van der Waals surface area contributed by atoms with E-state index in [4.69, 9.17) is 15.2 Å². The van der Waals surface area contributed by atoms with E-state index in [0.29, 0.717) is 34.5 Å². The molecule has 298 valence electrons. The number of benzene rings is 4. The fourth-order valence-electron chi connectivity index (χ4n) is 8.86. The molecular weight excluding hydrogens is 749 g/mol. The van der Waals surface area contributed by atoms with Crippen LogP contribution in [0.2, 0.25) is 0 Å². The summed E-state index contributed by atoms with van der Waals surface area (Å²) in [6.45, 7) is -0.0265. The maximum Gasteiger partial charge on any atom is 0.324 e. The van der Waals surface area contributed by atoms with Crippen LogP contribution >= 0.6 is 0 Å². The Bertz CT molecular complexity index is 2420. The zero-order valence-electron chi connectivity index (χ0n) is 31.9. The van der Waals surface area contributed by atoms with Gasteiger partial charge in [0.15, 0.2) is 0 Å². The Labute approximate surface area is 340 Å². The quantitative estimate of drug-likeness (QED) is 0.0971. The predicted molar refractivity (Wildman–Crippen MR) is 218 cm³/mol. The lowest BCUT2D eigenvalue weighted by Crippen LogP contribution is -2.55. The van der Waals surface area contributed by atoms with Gasteiger partial charge in [-0.1, -0.05) is 90.7 Å². The Kier molecular flexibility index (Phi) is 11.1. The van der Waals surface area contributed by atoms with Gasteiger partial charge >= 0.3 is 12.0 Å². The molecule has 1 aromatic heterocycles. The number of hydrogen-bond donors (Lipinski definition) is 5. The highest BCUT2D eigenvalue weighted by Crippen LogP contribution is 2.65. The number of nitrogens with zero attached hydrogens (tertiary/aromatic N) is 2.